The van der Waals surface area contributed by atoms with Crippen LogP contribution in [0.4, 0.5) is 5.69 Å². The van der Waals surface area contributed by atoms with E-state index < -0.39 is 37.3 Å². The van der Waals surface area contributed by atoms with Gasteiger partial charge in [0.25, 0.3) is 5.91 Å². The van der Waals surface area contributed by atoms with Gasteiger partial charge in [-0.2, -0.15) is 0 Å². The minimum absolute atomic E-state index is 0.207. The standard InChI is InChI=1S/C22H23NO8/c1-29-16-9-11(8-13-12-4-2-3-5-14(12)23-21(13)28)6-7-15(16)30-22-20(27)19(26)18(25)17(10-24)31-22/h2-9,17-20,22,24-27H,10H2,1H3,(H,23,28). The lowest BCUT2D eigenvalue weighted by Crippen LogP contribution is -2.60. The maximum Gasteiger partial charge on any atom is 0.256 e. The SMILES string of the molecule is COc1cc(C=C2C(=O)Nc3ccccc32)ccc1OC1OC(CO)C(O)C(O)C1O. The Hall–Kier alpha value is -2.95. The van der Waals surface area contributed by atoms with Gasteiger partial charge in [0.05, 0.1) is 13.7 Å². The zero-order chi connectivity index (χ0) is 22.1. The number of amides is 1. The van der Waals surface area contributed by atoms with Gasteiger partial charge in [-0.15, -0.1) is 0 Å². The first-order valence-corrected chi connectivity index (χ1v) is 9.70. The van der Waals surface area contributed by atoms with E-state index in [9.17, 15) is 25.2 Å². The van der Waals surface area contributed by atoms with E-state index in [1.807, 2.05) is 24.3 Å². The molecule has 5 atom stereocenters. The van der Waals surface area contributed by atoms with Gasteiger partial charge in [0, 0.05) is 16.8 Å². The number of fused-ring (bicyclic) bond motifs is 1. The lowest BCUT2D eigenvalue weighted by atomic mass is 9.99. The molecule has 9 nitrogen and oxygen atoms in total. The molecular formula is C22H23NO8. The number of ether oxygens (including phenoxy) is 3. The van der Waals surface area contributed by atoms with Crippen LogP contribution in [-0.4, -0.2) is 70.8 Å². The molecule has 5 N–H and O–H groups in total. The summed E-state index contributed by atoms with van der Waals surface area (Å²) in [5, 5.41) is 42.1. The van der Waals surface area contributed by atoms with Gasteiger partial charge in [-0.25, -0.2) is 0 Å². The molecule has 2 aromatic rings. The van der Waals surface area contributed by atoms with Crippen molar-refractivity contribution in [2.45, 2.75) is 30.7 Å². The van der Waals surface area contributed by atoms with Crippen molar-refractivity contribution in [2.75, 3.05) is 19.0 Å². The van der Waals surface area contributed by atoms with Gasteiger partial charge in [-0.3, -0.25) is 4.79 Å². The van der Waals surface area contributed by atoms with Gasteiger partial charge in [0.2, 0.25) is 6.29 Å². The van der Waals surface area contributed by atoms with Crippen molar-refractivity contribution in [1.82, 2.24) is 0 Å². The molecule has 164 valence electrons. The molecule has 5 unspecified atom stereocenters. The summed E-state index contributed by atoms with van der Waals surface area (Å²) in [7, 11) is 1.43. The molecule has 1 fully saturated rings. The predicted octanol–water partition coefficient (Wildman–Crippen LogP) is 0.367. The van der Waals surface area contributed by atoms with Crippen molar-refractivity contribution >= 4 is 23.2 Å². The monoisotopic (exact) mass is 429 g/mol. The molecule has 2 aliphatic rings. The van der Waals surface area contributed by atoms with Crippen LogP contribution in [0, 0.1) is 0 Å². The number of nitrogens with one attached hydrogen (secondary N) is 1. The quantitative estimate of drug-likeness (QED) is 0.430. The number of hydrogen-bond donors (Lipinski definition) is 5. The summed E-state index contributed by atoms with van der Waals surface area (Å²) >= 11 is 0. The average molecular weight is 429 g/mol. The fraction of sp³-hybridized carbons (Fsp3) is 0.318. The van der Waals surface area contributed by atoms with Gasteiger partial charge in [0.1, 0.15) is 24.4 Å². The summed E-state index contributed by atoms with van der Waals surface area (Å²) in [5.41, 5.74) is 2.74. The van der Waals surface area contributed by atoms with Crippen LogP contribution in [0.25, 0.3) is 11.6 Å². The van der Waals surface area contributed by atoms with Gasteiger partial charge >= 0.3 is 0 Å². The van der Waals surface area contributed by atoms with Crippen molar-refractivity contribution in [2.24, 2.45) is 0 Å². The first-order chi connectivity index (χ1) is 14.9. The number of carbonyl (C=O) groups is 1. The summed E-state index contributed by atoms with van der Waals surface area (Å²) in [6.45, 7) is -0.558. The number of aliphatic hydroxyl groups excluding tert-OH is 4. The van der Waals surface area contributed by atoms with Gasteiger partial charge < -0.3 is 40.0 Å². The lowest BCUT2D eigenvalue weighted by Gasteiger charge is -2.39. The maximum atomic E-state index is 12.3. The van der Waals surface area contributed by atoms with E-state index in [0.29, 0.717) is 16.9 Å². The molecule has 0 aromatic heterocycles. The first-order valence-electron chi connectivity index (χ1n) is 9.70. The number of para-hydroxylation sites is 1. The summed E-state index contributed by atoms with van der Waals surface area (Å²) in [4.78, 5) is 12.3. The highest BCUT2D eigenvalue weighted by Gasteiger charge is 2.45. The number of benzene rings is 2. The third-order valence-electron chi connectivity index (χ3n) is 5.30. The minimum atomic E-state index is -1.55. The molecule has 31 heavy (non-hydrogen) atoms. The number of aliphatic hydroxyl groups is 4. The Bertz CT molecular complexity index is 1000. The second-order valence-corrected chi connectivity index (χ2v) is 7.28. The maximum absolute atomic E-state index is 12.3. The van der Waals surface area contributed by atoms with Crippen LogP contribution < -0.4 is 14.8 Å². The fourth-order valence-electron chi connectivity index (χ4n) is 3.61. The van der Waals surface area contributed by atoms with E-state index in [-0.39, 0.29) is 11.7 Å². The molecule has 2 aliphatic heterocycles. The lowest BCUT2D eigenvalue weighted by molar-refractivity contribution is -0.277. The smallest absolute Gasteiger partial charge is 0.256 e. The Kier molecular flexibility index (Phi) is 5.94. The number of methoxy groups -OCH3 is 1. The highest BCUT2D eigenvalue weighted by molar-refractivity contribution is 6.34. The molecule has 1 amide bonds. The highest BCUT2D eigenvalue weighted by atomic mass is 16.7. The van der Waals surface area contributed by atoms with Crippen LogP contribution in [0.15, 0.2) is 42.5 Å². The van der Waals surface area contributed by atoms with Gasteiger partial charge in [0.15, 0.2) is 11.5 Å². The largest absolute Gasteiger partial charge is 0.493 e. The van der Waals surface area contributed by atoms with E-state index in [4.69, 9.17) is 14.2 Å². The molecular weight excluding hydrogens is 406 g/mol. The van der Waals surface area contributed by atoms with E-state index in [1.165, 1.54) is 7.11 Å². The van der Waals surface area contributed by atoms with Gasteiger partial charge in [-0.1, -0.05) is 24.3 Å². The van der Waals surface area contributed by atoms with E-state index >= 15 is 0 Å². The Balaban J connectivity index is 1.59. The molecule has 0 aliphatic carbocycles. The number of carbonyl (C=O) groups excluding carboxylic acids is 1. The van der Waals surface area contributed by atoms with Crippen LogP contribution in [0.1, 0.15) is 11.1 Å². The molecule has 0 bridgehead atoms. The van der Waals surface area contributed by atoms with E-state index in [1.54, 1.807) is 24.3 Å². The molecule has 0 spiro atoms. The predicted molar refractivity (Wildman–Crippen MR) is 110 cm³/mol. The van der Waals surface area contributed by atoms with Gasteiger partial charge in [-0.05, 0) is 29.8 Å². The molecule has 4 rings (SSSR count). The minimum Gasteiger partial charge on any atom is -0.493 e. The molecule has 2 aromatic carbocycles. The number of anilines is 1. The molecule has 0 radical (unpaired) electrons. The van der Waals surface area contributed by atoms with Crippen molar-refractivity contribution in [3.63, 3.8) is 0 Å². The second kappa shape index (κ2) is 8.66. The van der Waals surface area contributed by atoms with Crippen LogP contribution in [0.2, 0.25) is 0 Å². The Morgan fingerprint density at radius 2 is 1.84 bits per heavy atom. The number of hydrogen-bond acceptors (Lipinski definition) is 8. The normalized spacial score (nSPS) is 28.9. The summed E-state index contributed by atoms with van der Waals surface area (Å²) in [6, 6.07) is 12.3. The van der Waals surface area contributed by atoms with Crippen molar-refractivity contribution < 1.29 is 39.4 Å². The van der Waals surface area contributed by atoms with E-state index in [2.05, 4.69) is 5.32 Å². The van der Waals surface area contributed by atoms with Crippen molar-refractivity contribution in [1.29, 1.82) is 0 Å². The first kappa shape index (κ1) is 21.3. The Labute approximate surface area is 178 Å². The van der Waals surface area contributed by atoms with Crippen molar-refractivity contribution in [3.05, 3.63) is 53.6 Å². The summed E-state index contributed by atoms with van der Waals surface area (Å²) in [6.07, 6.45) is -5.26. The highest BCUT2D eigenvalue weighted by Crippen LogP contribution is 2.36. The van der Waals surface area contributed by atoms with E-state index in [0.717, 1.165) is 11.3 Å². The Morgan fingerprint density at radius 1 is 1.06 bits per heavy atom. The number of rotatable bonds is 5. The summed E-state index contributed by atoms with van der Waals surface area (Å²) in [5.74, 6) is 0.310. The zero-order valence-electron chi connectivity index (χ0n) is 16.6. The zero-order valence-corrected chi connectivity index (χ0v) is 16.6. The second-order valence-electron chi connectivity index (χ2n) is 7.28. The van der Waals surface area contributed by atoms with Crippen LogP contribution in [0.3, 0.4) is 0 Å². The fourth-order valence-corrected chi connectivity index (χ4v) is 3.61. The molecule has 1 saturated heterocycles. The van der Waals surface area contributed by atoms with Crippen molar-refractivity contribution in [3.8, 4) is 11.5 Å². The van der Waals surface area contributed by atoms with Crippen LogP contribution in [0.5, 0.6) is 11.5 Å². The Morgan fingerprint density at radius 3 is 2.58 bits per heavy atom. The third kappa shape index (κ3) is 4.01. The molecule has 2 heterocycles. The molecule has 9 heteroatoms. The third-order valence-corrected chi connectivity index (χ3v) is 5.30. The molecule has 0 saturated carbocycles. The van der Waals surface area contributed by atoms with Crippen LogP contribution in [-0.2, 0) is 9.53 Å². The topological polar surface area (TPSA) is 138 Å². The summed E-state index contributed by atoms with van der Waals surface area (Å²) < 4.78 is 16.4. The average Bonchev–Trinajstić information content (AvgIpc) is 3.10. The van der Waals surface area contributed by atoms with Crippen LogP contribution >= 0.6 is 0 Å².